The molecule has 30 heavy (non-hydrogen) atoms. The molecular weight excluding hydrogens is 370 g/mol. The zero-order valence-corrected chi connectivity index (χ0v) is 17.8. The van der Waals surface area contributed by atoms with E-state index in [4.69, 9.17) is 0 Å². The van der Waals surface area contributed by atoms with Crippen LogP contribution in [0.2, 0.25) is 0 Å². The van der Waals surface area contributed by atoms with Crippen LogP contribution in [0.15, 0.2) is 54.6 Å². The van der Waals surface area contributed by atoms with Crippen LogP contribution >= 0.6 is 0 Å². The predicted molar refractivity (Wildman–Crippen MR) is 118 cm³/mol. The molecule has 2 heterocycles. The molecule has 0 N–H and O–H groups in total. The highest BCUT2D eigenvalue weighted by Crippen LogP contribution is 2.56. The monoisotopic (exact) mass is 395 g/mol. The number of carbonyl (C=O) groups is 1. The maximum atomic E-state index is 13.8. The molecule has 1 saturated heterocycles. The first-order valence-electron chi connectivity index (χ1n) is 10.2. The first-order valence-corrected chi connectivity index (χ1v) is 10.2. The molecule has 0 radical (unpaired) electrons. The minimum atomic E-state index is -1.37. The van der Waals surface area contributed by atoms with Gasteiger partial charge in [0.2, 0.25) is 0 Å². The lowest BCUT2D eigenvalue weighted by Crippen LogP contribution is -2.47. The van der Waals surface area contributed by atoms with Gasteiger partial charge in [-0.15, -0.1) is 0 Å². The molecular formula is C26H25N3O. The molecule has 0 aromatic heterocycles. The maximum Gasteiger partial charge on any atom is 0.176 e. The normalized spacial score (nSPS) is 23.8. The summed E-state index contributed by atoms with van der Waals surface area (Å²) in [5.74, 6) is -0.516. The van der Waals surface area contributed by atoms with Crippen molar-refractivity contribution in [1.82, 2.24) is 0 Å². The topological polar surface area (TPSA) is 67.9 Å². The number of nitrogens with zero attached hydrogens (tertiary/aromatic N) is 3. The number of Topliss-reactive ketones (excluding diaryl/α,β-unsaturated/α-hetero) is 1. The number of fused-ring (bicyclic) bond motifs is 3. The summed E-state index contributed by atoms with van der Waals surface area (Å²) < 4.78 is 0. The van der Waals surface area contributed by atoms with Crippen molar-refractivity contribution in [3.05, 3.63) is 71.3 Å². The molecule has 0 bridgehead atoms. The predicted octanol–water partition coefficient (Wildman–Crippen LogP) is 5.01. The number of benzene rings is 2. The Hall–Kier alpha value is -3.37. The molecule has 4 nitrogen and oxygen atoms in total. The lowest BCUT2D eigenvalue weighted by molar-refractivity contribution is -0.127. The van der Waals surface area contributed by atoms with Gasteiger partial charge in [0.05, 0.1) is 24.2 Å². The average molecular weight is 396 g/mol. The molecule has 1 fully saturated rings. The fraction of sp³-hybridized carbons (Fsp3) is 0.346. The van der Waals surface area contributed by atoms with Crippen LogP contribution in [0.25, 0.3) is 6.08 Å². The Morgan fingerprint density at radius 3 is 2.33 bits per heavy atom. The van der Waals surface area contributed by atoms with Crippen molar-refractivity contribution in [3.8, 4) is 12.1 Å². The number of hydrogen-bond acceptors (Lipinski definition) is 4. The Labute approximate surface area is 178 Å². The second-order valence-corrected chi connectivity index (χ2v) is 9.31. The van der Waals surface area contributed by atoms with E-state index in [2.05, 4.69) is 18.2 Å². The number of anilines is 1. The first kappa shape index (κ1) is 19.9. The van der Waals surface area contributed by atoms with Gasteiger partial charge in [0.25, 0.3) is 0 Å². The number of hydrogen-bond donors (Lipinski definition) is 0. The smallest absolute Gasteiger partial charge is 0.176 e. The molecule has 150 valence electrons. The van der Waals surface area contributed by atoms with Gasteiger partial charge in [0.1, 0.15) is 0 Å². The highest BCUT2D eigenvalue weighted by molar-refractivity contribution is 5.96. The number of rotatable bonds is 2. The molecule has 0 unspecified atom stereocenters. The number of aryl methyl sites for hydroxylation is 1. The van der Waals surface area contributed by atoms with E-state index in [0.29, 0.717) is 0 Å². The number of ketones is 1. The largest absolute Gasteiger partial charge is 0.351 e. The van der Waals surface area contributed by atoms with Crippen LogP contribution in [0, 0.1) is 40.4 Å². The summed E-state index contributed by atoms with van der Waals surface area (Å²) in [7, 11) is 0. The van der Waals surface area contributed by atoms with Gasteiger partial charge in [-0.05, 0) is 30.2 Å². The van der Waals surface area contributed by atoms with Crippen LogP contribution in [0.5, 0.6) is 0 Å². The molecule has 0 amide bonds. The van der Waals surface area contributed by atoms with Crippen molar-refractivity contribution in [2.75, 3.05) is 4.90 Å². The quantitative estimate of drug-likeness (QED) is 0.717. The fourth-order valence-electron chi connectivity index (χ4n) is 4.89. The van der Waals surface area contributed by atoms with E-state index in [1.54, 1.807) is 0 Å². The molecule has 0 spiro atoms. The van der Waals surface area contributed by atoms with Gasteiger partial charge >= 0.3 is 0 Å². The van der Waals surface area contributed by atoms with Crippen molar-refractivity contribution in [3.63, 3.8) is 0 Å². The summed E-state index contributed by atoms with van der Waals surface area (Å²) in [6.45, 7) is 7.74. The average Bonchev–Trinajstić information content (AvgIpc) is 3.03. The summed E-state index contributed by atoms with van der Waals surface area (Å²) in [6.07, 6.45) is 3.92. The van der Waals surface area contributed by atoms with E-state index in [1.165, 1.54) is 0 Å². The lowest BCUT2D eigenvalue weighted by atomic mass is 9.68. The number of nitriles is 2. The van der Waals surface area contributed by atoms with Gasteiger partial charge < -0.3 is 4.90 Å². The third-order valence-electron chi connectivity index (χ3n) is 6.33. The molecule has 0 saturated carbocycles. The van der Waals surface area contributed by atoms with Crippen molar-refractivity contribution < 1.29 is 4.79 Å². The van der Waals surface area contributed by atoms with Crippen molar-refractivity contribution in [2.45, 2.75) is 45.7 Å². The molecule has 4 heteroatoms. The van der Waals surface area contributed by atoms with Gasteiger partial charge in [0.15, 0.2) is 11.2 Å². The zero-order chi connectivity index (χ0) is 21.7. The minimum Gasteiger partial charge on any atom is -0.351 e. The second-order valence-electron chi connectivity index (χ2n) is 9.31. The SMILES string of the molecule is Cc1ccc2c(c1)C=C[C@@H]1N2[C@H](C(=O)C(C)(C)C)[C@H](c2ccccc2)C1(C#N)C#N. The molecule has 4 rings (SSSR count). The Morgan fingerprint density at radius 2 is 1.73 bits per heavy atom. The highest BCUT2D eigenvalue weighted by Gasteiger charge is 2.64. The molecule has 3 atom stereocenters. The third-order valence-corrected chi connectivity index (χ3v) is 6.33. The van der Waals surface area contributed by atoms with Crippen LogP contribution in [0.1, 0.15) is 43.4 Å². The van der Waals surface area contributed by atoms with Crippen LogP contribution in [-0.4, -0.2) is 17.9 Å². The van der Waals surface area contributed by atoms with Crippen LogP contribution in [0.3, 0.4) is 0 Å². The lowest BCUT2D eigenvalue weighted by Gasteiger charge is -2.37. The molecule has 0 aliphatic carbocycles. The minimum absolute atomic E-state index is 0.0375. The van der Waals surface area contributed by atoms with Crippen LogP contribution in [-0.2, 0) is 4.79 Å². The van der Waals surface area contributed by atoms with Crippen LogP contribution < -0.4 is 4.90 Å². The molecule has 2 aliphatic heterocycles. The Morgan fingerprint density at radius 1 is 1.07 bits per heavy atom. The third kappa shape index (κ3) is 2.76. The second kappa shape index (κ2) is 6.85. The van der Waals surface area contributed by atoms with E-state index in [9.17, 15) is 15.3 Å². The molecule has 2 aromatic carbocycles. The highest BCUT2D eigenvalue weighted by atomic mass is 16.1. The molecule has 2 aromatic rings. The standard InChI is InChI=1S/C26H25N3O/c1-17-10-12-20-19(14-17)11-13-21-26(15-27,16-28)22(18-8-6-5-7-9-18)23(29(20)21)24(30)25(2,3)4/h5-14,21-23H,1-4H3/t21-,22-,23-/m0/s1. The Balaban J connectivity index is 2.03. The Kier molecular flexibility index (Phi) is 4.55. The van der Waals surface area contributed by atoms with E-state index < -0.39 is 28.8 Å². The summed E-state index contributed by atoms with van der Waals surface area (Å²) in [5, 5.41) is 20.7. The summed E-state index contributed by atoms with van der Waals surface area (Å²) in [4.78, 5) is 15.9. The fourth-order valence-corrected chi connectivity index (χ4v) is 4.89. The van der Waals surface area contributed by atoms with Crippen LogP contribution in [0.4, 0.5) is 5.69 Å². The van der Waals surface area contributed by atoms with E-state index in [1.807, 2.05) is 87.2 Å². The van der Waals surface area contributed by atoms with Crippen molar-refractivity contribution in [2.24, 2.45) is 10.8 Å². The van der Waals surface area contributed by atoms with Gasteiger partial charge in [-0.25, -0.2) is 0 Å². The van der Waals surface area contributed by atoms with Crippen molar-refractivity contribution in [1.29, 1.82) is 10.5 Å². The number of carbonyl (C=O) groups excluding carboxylic acids is 1. The van der Waals surface area contributed by atoms with E-state index in [-0.39, 0.29) is 5.78 Å². The van der Waals surface area contributed by atoms with Gasteiger partial charge in [-0.1, -0.05) is 74.9 Å². The summed E-state index contributed by atoms with van der Waals surface area (Å²) in [5.41, 5.74) is 1.91. The van der Waals surface area contributed by atoms with E-state index in [0.717, 1.165) is 22.4 Å². The Bertz CT molecular complexity index is 1100. The molecule has 2 aliphatic rings. The van der Waals surface area contributed by atoms with Crippen molar-refractivity contribution >= 4 is 17.5 Å². The summed E-state index contributed by atoms with van der Waals surface area (Å²) >= 11 is 0. The van der Waals surface area contributed by atoms with Gasteiger partial charge in [-0.2, -0.15) is 10.5 Å². The zero-order valence-electron chi connectivity index (χ0n) is 17.8. The van der Waals surface area contributed by atoms with Gasteiger partial charge in [0, 0.05) is 17.0 Å². The maximum absolute atomic E-state index is 13.8. The van der Waals surface area contributed by atoms with Gasteiger partial charge in [-0.3, -0.25) is 4.79 Å². The van der Waals surface area contributed by atoms with E-state index >= 15 is 0 Å². The first-order chi connectivity index (χ1) is 14.2. The summed E-state index contributed by atoms with van der Waals surface area (Å²) in [6, 6.07) is 19.3.